The Balaban J connectivity index is 1.31. The molecule has 0 bridgehead atoms. The smallest absolute Gasteiger partial charge is 0.143 e. The van der Waals surface area contributed by atoms with E-state index in [4.69, 9.17) is 4.42 Å². The minimum atomic E-state index is 0.929. The molecule has 39 heavy (non-hydrogen) atoms. The largest absolute Gasteiger partial charge is 0.455 e. The highest BCUT2D eigenvalue weighted by Crippen LogP contribution is 2.44. The molecular weight excluding hydrogens is 494 g/mol. The van der Waals surface area contributed by atoms with Crippen molar-refractivity contribution < 1.29 is 4.42 Å². The van der Waals surface area contributed by atoms with Crippen molar-refractivity contribution >= 4 is 75.3 Å². The summed E-state index contributed by atoms with van der Waals surface area (Å²) in [5.41, 5.74) is 7.89. The van der Waals surface area contributed by atoms with Crippen LogP contribution in [0, 0.1) is 0 Å². The molecule has 0 saturated heterocycles. The Morgan fingerprint density at radius 3 is 1.97 bits per heavy atom. The number of rotatable bonds is 2. The second-order valence-electron chi connectivity index (χ2n) is 10.1. The summed E-state index contributed by atoms with van der Waals surface area (Å²) in [6.45, 7) is 0. The Bertz CT molecular complexity index is 2350. The van der Waals surface area contributed by atoms with Crippen LogP contribution in [0.15, 0.2) is 132 Å². The van der Waals surface area contributed by atoms with Crippen LogP contribution in [-0.2, 0) is 0 Å². The number of benzene rings is 6. The lowest BCUT2D eigenvalue weighted by atomic mass is 9.97. The Morgan fingerprint density at radius 2 is 1.15 bits per heavy atom. The number of nitrogens with zero attached hydrogens (tertiary/aromatic N) is 1. The second-order valence-corrected chi connectivity index (χ2v) is 11.2. The molecule has 3 aromatic heterocycles. The standard InChI is InChI=1S/C36H21NOS/c1-4-15-30-23(9-1)24-10-2-5-16-31(24)37(30)22-19-20-29-34(21-22)39-33-18-8-12-26(35(29)33)28-14-7-13-27-25-11-3-6-17-32(25)38-36(27)28/h1-21H. The maximum atomic E-state index is 6.43. The van der Waals surface area contributed by atoms with Gasteiger partial charge in [0.15, 0.2) is 0 Å². The van der Waals surface area contributed by atoms with Gasteiger partial charge in [0.1, 0.15) is 11.2 Å². The summed E-state index contributed by atoms with van der Waals surface area (Å²) in [5.74, 6) is 0. The Hall–Kier alpha value is -4.86. The molecule has 6 aromatic carbocycles. The van der Waals surface area contributed by atoms with Crippen molar-refractivity contribution in [1.82, 2.24) is 4.57 Å². The summed E-state index contributed by atoms with van der Waals surface area (Å²) < 4.78 is 11.4. The molecule has 0 radical (unpaired) electrons. The molecule has 182 valence electrons. The lowest BCUT2D eigenvalue weighted by Crippen LogP contribution is -1.93. The van der Waals surface area contributed by atoms with Gasteiger partial charge in [0.25, 0.3) is 0 Å². The van der Waals surface area contributed by atoms with Crippen molar-refractivity contribution in [3.8, 4) is 16.8 Å². The van der Waals surface area contributed by atoms with Gasteiger partial charge in [0.05, 0.1) is 11.0 Å². The quantitative estimate of drug-likeness (QED) is 0.224. The van der Waals surface area contributed by atoms with Crippen LogP contribution in [0.4, 0.5) is 0 Å². The number of hydrogen-bond acceptors (Lipinski definition) is 2. The molecule has 3 heteroatoms. The molecule has 3 heterocycles. The van der Waals surface area contributed by atoms with E-state index < -0.39 is 0 Å². The molecule has 0 N–H and O–H groups in total. The zero-order chi connectivity index (χ0) is 25.5. The second kappa shape index (κ2) is 7.83. The summed E-state index contributed by atoms with van der Waals surface area (Å²) in [4.78, 5) is 0. The van der Waals surface area contributed by atoms with Gasteiger partial charge in [0.2, 0.25) is 0 Å². The summed E-state index contributed by atoms with van der Waals surface area (Å²) >= 11 is 1.86. The zero-order valence-electron chi connectivity index (χ0n) is 20.9. The van der Waals surface area contributed by atoms with Crippen LogP contribution >= 0.6 is 11.3 Å². The van der Waals surface area contributed by atoms with Gasteiger partial charge in [-0.2, -0.15) is 0 Å². The van der Waals surface area contributed by atoms with E-state index >= 15 is 0 Å². The number of aromatic nitrogens is 1. The van der Waals surface area contributed by atoms with Gasteiger partial charge >= 0.3 is 0 Å². The summed E-state index contributed by atoms with van der Waals surface area (Å²) in [7, 11) is 0. The maximum absolute atomic E-state index is 6.43. The molecule has 0 amide bonds. The summed E-state index contributed by atoms with van der Waals surface area (Å²) in [6, 6.07) is 45.7. The molecule has 9 aromatic rings. The lowest BCUT2D eigenvalue weighted by molar-refractivity contribution is 0.670. The first-order valence-corrected chi connectivity index (χ1v) is 14.0. The van der Waals surface area contributed by atoms with E-state index in [9.17, 15) is 0 Å². The van der Waals surface area contributed by atoms with Crippen molar-refractivity contribution in [1.29, 1.82) is 0 Å². The zero-order valence-corrected chi connectivity index (χ0v) is 21.7. The van der Waals surface area contributed by atoms with Gasteiger partial charge in [-0.05, 0) is 42.0 Å². The predicted octanol–water partition coefficient (Wildman–Crippen LogP) is 10.7. The molecule has 0 atom stereocenters. The molecule has 0 saturated carbocycles. The molecule has 0 unspecified atom stereocenters. The third kappa shape index (κ3) is 2.91. The van der Waals surface area contributed by atoms with Crippen LogP contribution in [0.2, 0.25) is 0 Å². The number of fused-ring (bicyclic) bond motifs is 9. The van der Waals surface area contributed by atoms with E-state index in [2.05, 4.69) is 126 Å². The summed E-state index contributed by atoms with van der Waals surface area (Å²) in [6.07, 6.45) is 0. The fraction of sp³-hybridized carbons (Fsp3) is 0. The molecule has 2 nitrogen and oxygen atoms in total. The first-order chi connectivity index (χ1) is 19.3. The van der Waals surface area contributed by atoms with Gasteiger partial charge in [-0.3, -0.25) is 0 Å². The molecular formula is C36H21NOS. The average molecular weight is 516 g/mol. The number of furan rings is 1. The predicted molar refractivity (Wildman–Crippen MR) is 166 cm³/mol. The van der Waals surface area contributed by atoms with Crippen molar-refractivity contribution in [2.24, 2.45) is 0 Å². The molecule has 0 aliphatic carbocycles. The molecule has 9 rings (SSSR count). The van der Waals surface area contributed by atoms with Gasteiger partial charge < -0.3 is 8.98 Å². The Kier molecular flexibility index (Phi) is 4.24. The van der Waals surface area contributed by atoms with Crippen molar-refractivity contribution in [3.05, 3.63) is 127 Å². The van der Waals surface area contributed by atoms with Crippen molar-refractivity contribution in [3.63, 3.8) is 0 Å². The molecule has 0 spiro atoms. The van der Waals surface area contributed by atoms with Crippen LogP contribution in [0.5, 0.6) is 0 Å². The third-order valence-corrected chi connectivity index (χ3v) is 9.13. The minimum absolute atomic E-state index is 0.929. The van der Waals surface area contributed by atoms with Gasteiger partial charge in [-0.15, -0.1) is 11.3 Å². The van der Waals surface area contributed by atoms with E-state index in [1.165, 1.54) is 53.2 Å². The molecule has 0 aliphatic rings. The average Bonchev–Trinajstić information content (AvgIpc) is 3.66. The fourth-order valence-corrected chi connectivity index (χ4v) is 7.50. The number of para-hydroxylation sites is 4. The summed E-state index contributed by atoms with van der Waals surface area (Å²) in [5, 5.41) is 7.46. The van der Waals surface area contributed by atoms with E-state index in [-0.39, 0.29) is 0 Å². The Labute approximate surface area is 227 Å². The van der Waals surface area contributed by atoms with Crippen LogP contribution in [0.25, 0.3) is 80.7 Å². The van der Waals surface area contributed by atoms with E-state index in [1.807, 2.05) is 17.4 Å². The monoisotopic (exact) mass is 515 g/mol. The third-order valence-electron chi connectivity index (χ3n) is 8.01. The molecule has 0 aliphatic heterocycles. The first kappa shape index (κ1) is 21.1. The molecule has 0 fully saturated rings. The van der Waals surface area contributed by atoms with Crippen LogP contribution in [-0.4, -0.2) is 4.57 Å². The highest BCUT2D eigenvalue weighted by Gasteiger charge is 2.18. The maximum Gasteiger partial charge on any atom is 0.143 e. The fourth-order valence-electron chi connectivity index (χ4n) is 6.34. The van der Waals surface area contributed by atoms with Crippen molar-refractivity contribution in [2.75, 3.05) is 0 Å². The van der Waals surface area contributed by atoms with Gasteiger partial charge in [-0.1, -0.05) is 91.0 Å². The van der Waals surface area contributed by atoms with Crippen LogP contribution in [0.3, 0.4) is 0 Å². The highest BCUT2D eigenvalue weighted by atomic mass is 32.1. The lowest BCUT2D eigenvalue weighted by Gasteiger charge is -2.09. The number of hydrogen-bond donors (Lipinski definition) is 0. The van der Waals surface area contributed by atoms with Crippen LogP contribution < -0.4 is 0 Å². The van der Waals surface area contributed by atoms with E-state index in [0.29, 0.717) is 0 Å². The first-order valence-electron chi connectivity index (χ1n) is 13.2. The van der Waals surface area contributed by atoms with Crippen molar-refractivity contribution in [2.45, 2.75) is 0 Å². The Morgan fingerprint density at radius 1 is 0.487 bits per heavy atom. The number of thiophene rings is 1. The van der Waals surface area contributed by atoms with Gasteiger partial charge in [0, 0.05) is 53.0 Å². The van der Waals surface area contributed by atoms with E-state index in [1.54, 1.807) is 0 Å². The highest BCUT2D eigenvalue weighted by molar-refractivity contribution is 7.26. The van der Waals surface area contributed by atoms with E-state index in [0.717, 1.165) is 27.5 Å². The topological polar surface area (TPSA) is 18.1 Å². The van der Waals surface area contributed by atoms with Crippen LogP contribution in [0.1, 0.15) is 0 Å². The van der Waals surface area contributed by atoms with Gasteiger partial charge in [-0.25, -0.2) is 0 Å². The minimum Gasteiger partial charge on any atom is -0.455 e. The normalized spacial score (nSPS) is 12.1. The SMILES string of the molecule is c1ccc2c(c1)oc1c(-c3cccc4sc5cc(-n6c7ccccc7c7ccccc76)ccc5c34)cccc12.